The second-order valence-corrected chi connectivity index (χ2v) is 4.00. The Kier molecular flexibility index (Phi) is 4.99. The standard InChI is InChI=1S/C8H11N.C5H8O2/c1-7(9)8-5-3-2-4-6-8;1-7-5(6)4-2-3-4/h2-7H,9H2,1H3;4H,2-3H2,1H3/t7-;/m0./s1. The van der Waals surface area contributed by atoms with Crippen LogP contribution in [0.1, 0.15) is 31.4 Å². The molecule has 16 heavy (non-hydrogen) atoms. The molecule has 1 aromatic rings. The SMILES string of the molecule is COC(=O)C1CC1.C[C@H](N)c1ccccc1. The van der Waals surface area contributed by atoms with Gasteiger partial charge in [0.15, 0.2) is 0 Å². The Balaban J connectivity index is 0.000000165. The fourth-order valence-corrected chi connectivity index (χ4v) is 1.24. The van der Waals surface area contributed by atoms with Crippen LogP contribution in [0, 0.1) is 5.92 Å². The highest BCUT2D eigenvalue weighted by Crippen LogP contribution is 2.29. The Morgan fingerprint density at radius 3 is 2.19 bits per heavy atom. The number of ether oxygens (including phenoxy) is 1. The smallest absolute Gasteiger partial charge is 0.308 e. The number of hydrogen-bond acceptors (Lipinski definition) is 3. The maximum atomic E-state index is 10.4. The van der Waals surface area contributed by atoms with Crippen LogP contribution in [0.25, 0.3) is 0 Å². The molecular formula is C13H19NO2. The van der Waals surface area contributed by atoms with E-state index in [1.54, 1.807) is 0 Å². The van der Waals surface area contributed by atoms with E-state index in [9.17, 15) is 4.79 Å². The molecule has 1 aliphatic carbocycles. The zero-order valence-electron chi connectivity index (χ0n) is 9.85. The molecule has 2 N–H and O–H groups in total. The van der Waals surface area contributed by atoms with Crippen LogP contribution >= 0.6 is 0 Å². The van der Waals surface area contributed by atoms with Gasteiger partial charge in [-0.2, -0.15) is 0 Å². The van der Waals surface area contributed by atoms with Gasteiger partial charge in [-0.1, -0.05) is 30.3 Å². The Labute approximate surface area is 96.6 Å². The summed E-state index contributed by atoms with van der Waals surface area (Å²) in [7, 11) is 1.43. The van der Waals surface area contributed by atoms with E-state index in [-0.39, 0.29) is 17.9 Å². The van der Waals surface area contributed by atoms with Crippen molar-refractivity contribution in [1.29, 1.82) is 0 Å². The van der Waals surface area contributed by atoms with E-state index < -0.39 is 0 Å². The molecule has 0 aromatic heterocycles. The minimum Gasteiger partial charge on any atom is -0.469 e. The second-order valence-electron chi connectivity index (χ2n) is 4.00. The number of carbonyl (C=O) groups is 1. The lowest BCUT2D eigenvalue weighted by Gasteiger charge is -2.02. The molecule has 3 nitrogen and oxygen atoms in total. The van der Waals surface area contributed by atoms with Gasteiger partial charge in [0.05, 0.1) is 13.0 Å². The second kappa shape index (κ2) is 6.28. The maximum absolute atomic E-state index is 10.4. The zero-order valence-corrected chi connectivity index (χ0v) is 9.85. The minimum atomic E-state index is -0.0417. The first-order chi connectivity index (χ1) is 7.65. The lowest BCUT2D eigenvalue weighted by atomic mass is 10.1. The summed E-state index contributed by atoms with van der Waals surface area (Å²) in [5.74, 6) is 0.213. The predicted molar refractivity (Wildman–Crippen MR) is 63.8 cm³/mol. The highest BCUT2D eigenvalue weighted by Gasteiger charge is 2.30. The first kappa shape index (κ1) is 12.7. The fourth-order valence-electron chi connectivity index (χ4n) is 1.24. The van der Waals surface area contributed by atoms with Crippen molar-refractivity contribution in [3.8, 4) is 0 Å². The quantitative estimate of drug-likeness (QED) is 0.779. The fraction of sp³-hybridized carbons (Fsp3) is 0.462. The normalized spacial score (nSPS) is 15.7. The molecule has 0 spiro atoms. The van der Waals surface area contributed by atoms with Gasteiger partial charge >= 0.3 is 5.97 Å². The molecule has 0 heterocycles. The number of methoxy groups -OCH3 is 1. The van der Waals surface area contributed by atoms with E-state index in [1.807, 2.05) is 37.3 Å². The van der Waals surface area contributed by atoms with Crippen molar-refractivity contribution in [2.75, 3.05) is 7.11 Å². The van der Waals surface area contributed by atoms with E-state index in [4.69, 9.17) is 5.73 Å². The van der Waals surface area contributed by atoms with Crippen LogP contribution in [-0.4, -0.2) is 13.1 Å². The third-order valence-electron chi connectivity index (χ3n) is 2.44. The molecule has 2 rings (SSSR count). The molecule has 0 radical (unpaired) electrons. The van der Waals surface area contributed by atoms with Gasteiger partial charge in [0.1, 0.15) is 0 Å². The summed E-state index contributed by atoms with van der Waals surface area (Å²) in [6.45, 7) is 1.98. The Bertz CT molecular complexity index is 318. The molecule has 1 fully saturated rings. The van der Waals surface area contributed by atoms with E-state index >= 15 is 0 Å². The highest BCUT2D eigenvalue weighted by molar-refractivity contribution is 5.74. The number of hydrogen-bond donors (Lipinski definition) is 1. The third-order valence-corrected chi connectivity index (χ3v) is 2.44. The van der Waals surface area contributed by atoms with Crippen molar-refractivity contribution < 1.29 is 9.53 Å². The molecular weight excluding hydrogens is 202 g/mol. The van der Waals surface area contributed by atoms with Crippen LogP contribution in [0.5, 0.6) is 0 Å². The van der Waals surface area contributed by atoms with Crippen molar-refractivity contribution >= 4 is 5.97 Å². The molecule has 1 atom stereocenters. The first-order valence-corrected chi connectivity index (χ1v) is 5.53. The molecule has 3 heteroatoms. The summed E-state index contributed by atoms with van der Waals surface area (Å²) in [4.78, 5) is 10.4. The van der Waals surface area contributed by atoms with Gasteiger partial charge in [-0.05, 0) is 25.3 Å². The third kappa shape index (κ3) is 4.45. The maximum Gasteiger partial charge on any atom is 0.308 e. The number of esters is 1. The van der Waals surface area contributed by atoms with Crippen LogP contribution in [-0.2, 0) is 9.53 Å². The van der Waals surface area contributed by atoms with Gasteiger partial charge in [-0.25, -0.2) is 0 Å². The molecule has 0 amide bonds. The van der Waals surface area contributed by atoms with Gasteiger partial charge < -0.3 is 10.5 Å². The van der Waals surface area contributed by atoms with Crippen LogP contribution in [0.3, 0.4) is 0 Å². The summed E-state index contributed by atoms with van der Waals surface area (Å²) in [5.41, 5.74) is 6.81. The zero-order chi connectivity index (χ0) is 12.0. The van der Waals surface area contributed by atoms with Crippen molar-refractivity contribution in [1.82, 2.24) is 0 Å². The summed E-state index contributed by atoms with van der Waals surface area (Å²) >= 11 is 0. The average Bonchev–Trinajstić information content (AvgIpc) is 3.14. The van der Waals surface area contributed by atoms with E-state index in [2.05, 4.69) is 4.74 Å². The van der Waals surface area contributed by atoms with Crippen LogP contribution in [0.4, 0.5) is 0 Å². The van der Waals surface area contributed by atoms with Crippen LogP contribution < -0.4 is 5.73 Å². The van der Waals surface area contributed by atoms with E-state index in [1.165, 1.54) is 12.7 Å². The largest absolute Gasteiger partial charge is 0.469 e. The number of rotatable bonds is 2. The molecule has 1 aliphatic rings. The van der Waals surface area contributed by atoms with Crippen LogP contribution in [0.15, 0.2) is 30.3 Å². The number of benzene rings is 1. The molecule has 0 unspecified atom stereocenters. The van der Waals surface area contributed by atoms with Gasteiger partial charge in [-0.15, -0.1) is 0 Å². The Hall–Kier alpha value is -1.35. The minimum absolute atomic E-state index is 0.0417. The van der Waals surface area contributed by atoms with E-state index in [0.717, 1.165) is 12.8 Å². The summed E-state index contributed by atoms with van der Waals surface area (Å²) in [6, 6.07) is 10.2. The topological polar surface area (TPSA) is 52.3 Å². The Morgan fingerprint density at radius 2 is 1.94 bits per heavy atom. The molecule has 1 aromatic carbocycles. The van der Waals surface area contributed by atoms with Crippen LogP contribution in [0.2, 0.25) is 0 Å². The monoisotopic (exact) mass is 221 g/mol. The van der Waals surface area contributed by atoms with Crippen molar-refractivity contribution in [2.24, 2.45) is 11.7 Å². The molecule has 0 aliphatic heterocycles. The summed E-state index contributed by atoms with van der Waals surface area (Å²) < 4.78 is 4.44. The van der Waals surface area contributed by atoms with Gasteiger partial charge in [-0.3, -0.25) is 4.79 Å². The molecule has 0 bridgehead atoms. The first-order valence-electron chi connectivity index (χ1n) is 5.53. The van der Waals surface area contributed by atoms with Gasteiger partial charge in [0, 0.05) is 6.04 Å². The van der Waals surface area contributed by atoms with Crippen molar-refractivity contribution in [3.05, 3.63) is 35.9 Å². The summed E-state index contributed by atoms with van der Waals surface area (Å²) in [6.07, 6.45) is 2.07. The lowest BCUT2D eigenvalue weighted by molar-refractivity contribution is -0.142. The van der Waals surface area contributed by atoms with Crippen molar-refractivity contribution in [2.45, 2.75) is 25.8 Å². The van der Waals surface area contributed by atoms with E-state index in [0.29, 0.717) is 0 Å². The Morgan fingerprint density at radius 1 is 1.38 bits per heavy atom. The molecule has 0 saturated heterocycles. The number of carbonyl (C=O) groups excluding carboxylic acids is 1. The highest BCUT2D eigenvalue weighted by atomic mass is 16.5. The van der Waals surface area contributed by atoms with Gasteiger partial charge in [0.2, 0.25) is 0 Å². The summed E-state index contributed by atoms with van der Waals surface area (Å²) in [5, 5.41) is 0. The van der Waals surface area contributed by atoms with Gasteiger partial charge in [0.25, 0.3) is 0 Å². The number of nitrogens with two attached hydrogens (primary N) is 1. The van der Waals surface area contributed by atoms with Crippen molar-refractivity contribution in [3.63, 3.8) is 0 Å². The molecule has 1 saturated carbocycles. The molecule has 88 valence electrons. The predicted octanol–water partition coefficient (Wildman–Crippen LogP) is 2.28. The average molecular weight is 221 g/mol. The lowest BCUT2D eigenvalue weighted by Crippen LogP contribution is -2.03.